The van der Waals surface area contributed by atoms with Gasteiger partial charge in [-0.25, -0.2) is 25.9 Å². The Hall–Kier alpha value is -0.510. The first-order valence-corrected chi connectivity index (χ1v) is 9.08. The van der Waals surface area contributed by atoms with Crippen molar-refractivity contribution in [3.8, 4) is 0 Å². The second-order valence-electron chi connectivity index (χ2n) is 3.60. The van der Waals surface area contributed by atoms with Crippen LogP contribution in [0.4, 0.5) is 4.39 Å². The molecule has 1 aromatic rings. The van der Waals surface area contributed by atoms with Crippen LogP contribution in [0.25, 0.3) is 0 Å². The summed E-state index contributed by atoms with van der Waals surface area (Å²) in [5.74, 6) is -1.02. The van der Waals surface area contributed by atoms with Crippen LogP contribution in [0.15, 0.2) is 27.6 Å². The fourth-order valence-corrected chi connectivity index (χ4v) is 2.98. The minimum absolute atomic E-state index is 0.151. The molecule has 1 N–H and O–H groups in total. The lowest BCUT2D eigenvalue weighted by Crippen LogP contribution is -2.29. The molecule has 0 unspecified atom stereocenters. The Labute approximate surface area is 113 Å². The Morgan fingerprint density at radius 3 is 2.39 bits per heavy atom. The summed E-state index contributed by atoms with van der Waals surface area (Å²) in [6, 6.07) is 3.34. The van der Waals surface area contributed by atoms with E-state index in [2.05, 4.69) is 20.7 Å². The van der Waals surface area contributed by atoms with E-state index >= 15 is 0 Å². The van der Waals surface area contributed by atoms with Gasteiger partial charge in [0, 0.05) is 12.8 Å². The molecular formula is C9H11BrFNO4S2. The standard InChI is InChI=1S/C9H11BrFNO4S2/c1-17(13,14)5-4-12-18(15,16)7-2-3-8(10)9(11)6-7/h2-3,6,12H,4-5H2,1H3. The van der Waals surface area contributed by atoms with Gasteiger partial charge < -0.3 is 0 Å². The van der Waals surface area contributed by atoms with E-state index in [0.717, 1.165) is 12.3 Å². The Bertz CT molecular complexity index is 643. The van der Waals surface area contributed by atoms with Crippen LogP contribution in [0.5, 0.6) is 0 Å². The fraction of sp³-hybridized carbons (Fsp3) is 0.333. The summed E-state index contributed by atoms with van der Waals surface area (Å²) >= 11 is 2.91. The van der Waals surface area contributed by atoms with Gasteiger partial charge in [0.25, 0.3) is 0 Å². The molecule has 0 spiro atoms. The molecule has 0 saturated carbocycles. The summed E-state index contributed by atoms with van der Waals surface area (Å²) in [6.45, 7) is -0.251. The van der Waals surface area contributed by atoms with Crippen LogP contribution in [0.1, 0.15) is 0 Å². The number of benzene rings is 1. The van der Waals surface area contributed by atoms with Crippen molar-refractivity contribution in [3.63, 3.8) is 0 Å². The number of sulfonamides is 1. The molecule has 0 radical (unpaired) electrons. The lowest BCUT2D eigenvalue weighted by Gasteiger charge is -2.06. The summed E-state index contributed by atoms with van der Waals surface area (Å²) in [5.41, 5.74) is 0. The van der Waals surface area contributed by atoms with Crippen LogP contribution in [0.2, 0.25) is 0 Å². The maximum atomic E-state index is 13.2. The number of hydrogen-bond donors (Lipinski definition) is 1. The van der Waals surface area contributed by atoms with E-state index in [0.29, 0.717) is 0 Å². The van der Waals surface area contributed by atoms with Gasteiger partial charge in [0.15, 0.2) is 0 Å². The topological polar surface area (TPSA) is 80.3 Å². The molecule has 102 valence electrons. The van der Waals surface area contributed by atoms with Gasteiger partial charge in [0.1, 0.15) is 15.7 Å². The zero-order valence-corrected chi connectivity index (χ0v) is 12.6. The van der Waals surface area contributed by atoms with Gasteiger partial charge in [0.2, 0.25) is 10.0 Å². The van der Waals surface area contributed by atoms with Crippen molar-refractivity contribution in [2.24, 2.45) is 0 Å². The molecule has 0 saturated heterocycles. The predicted molar refractivity (Wildman–Crippen MR) is 69.0 cm³/mol. The molecule has 0 aliphatic carbocycles. The number of nitrogens with one attached hydrogen (secondary N) is 1. The summed E-state index contributed by atoms with van der Waals surface area (Å²) in [7, 11) is -7.15. The quantitative estimate of drug-likeness (QED) is 0.847. The Kier molecular flexibility index (Phi) is 4.87. The Morgan fingerprint density at radius 1 is 1.28 bits per heavy atom. The van der Waals surface area contributed by atoms with Crippen molar-refractivity contribution in [2.45, 2.75) is 4.90 Å². The Balaban J connectivity index is 2.84. The first kappa shape index (κ1) is 15.5. The van der Waals surface area contributed by atoms with Gasteiger partial charge in [-0.1, -0.05) is 0 Å². The smallest absolute Gasteiger partial charge is 0.229 e. The van der Waals surface area contributed by atoms with Crippen LogP contribution >= 0.6 is 15.9 Å². The van der Waals surface area contributed by atoms with E-state index in [1.807, 2.05) is 0 Å². The third-order valence-corrected chi connectivity index (χ3v) is 5.01. The maximum Gasteiger partial charge on any atom is 0.240 e. The molecular weight excluding hydrogens is 349 g/mol. The van der Waals surface area contributed by atoms with Crippen molar-refractivity contribution in [1.29, 1.82) is 0 Å². The highest BCUT2D eigenvalue weighted by molar-refractivity contribution is 9.10. The van der Waals surface area contributed by atoms with Crippen LogP contribution in [-0.4, -0.2) is 35.4 Å². The van der Waals surface area contributed by atoms with Crippen molar-refractivity contribution < 1.29 is 21.2 Å². The van der Waals surface area contributed by atoms with Gasteiger partial charge >= 0.3 is 0 Å². The normalized spacial score (nSPS) is 12.6. The third kappa shape index (κ3) is 4.63. The van der Waals surface area contributed by atoms with Gasteiger partial charge in [-0.05, 0) is 34.1 Å². The highest BCUT2D eigenvalue weighted by atomic mass is 79.9. The second-order valence-corrected chi connectivity index (χ2v) is 8.48. The summed E-state index contributed by atoms with van der Waals surface area (Å²) < 4.78 is 60.5. The summed E-state index contributed by atoms with van der Waals surface area (Å²) in [4.78, 5) is -0.253. The Morgan fingerprint density at radius 2 is 1.89 bits per heavy atom. The fourth-order valence-electron chi connectivity index (χ4n) is 1.09. The molecule has 5 nitrogen and oxygen atoms in total. The molecule has 0 bridgehead atoms. The molecule has 0 aromatic heterocycles. The van der Waals surface area contributed by atoms with Crippen molar-refractivity contribution >= 4 is 35.8 Å². The molecule has 0 heterocycles. The molecule has 18 heavy (non-hydrogen) atoms. The van der Waals surface area contributed by atoms with E-state index in [4.69, 9.17) is 0 Å². The van der Waals surface area contributed by atoms with Crippen molar-refractivity contribution in [3.05, 3.63) is 28.5 Å². The summed E-state index contributed by atoms with van der Waals surface area (Å²) in [5, 5.41) is 0. The minimum Gasteiger partial charge on any atom is -0.229 e. The molecule has 1 rings (SSSR count). The van der Waals surface area contributed by atoms with E-state index in [9.17, 15) is 21.2 Å². The molecule has 0 aliphatic heterocycles. The first-order chi connectivity index (χ1) is 8.12. The average Bonchev–Trinajstić information content (AvgIpc) is 2.19. The van der Waals surface area contributed by atoms with Gasteiger partial charge in [-0.15, -0.1) is 0 Å². The first-order valence-electron chi connectivity index (χ1n) is 4.74. The number of hydrogen-bond acceptors (Lipinski definition) is 4. The zero-order chi connectivity index (χ0) is 14.0. The molecule has 0 aliphatic rings. The predicted octanol–water partition coefficient (Wildman–Crippen LogP) is 0.911. The molecule has 0 atom stereocenters. The molecule has 0 amide bonds. The van der Waals surface area contributed by atoms with Crippen LogP contribution in [-0.2, 0) is 19.9 Å². The van der Waals surface area contributed by atoms with E-state index in [-0.39, 0.29) is 21.7 Å². The maximum absolute atomic E-state index is 13.2. The van der Waals surface area contributed by atoms with Crippen LogP contribution < -0.4 is 4.72 Å². The monoisotopic (exact) mass is 359 g/mol. The largest absolute Gasteiger partial charge is 0.240 e. The van der Waals surface area contributed by atoms with Gasteiger partial charge in [-0.2, -0.15) is 0 Å². The lowest BCUT2D eigenvalue weighted by atomic mass is 10.3. The molecule has 9 heteroatoms. The van der Waals surface area contributed by atoms with Crippen LogP contribution in [0.3, 0.4) is 0 Å². The number of rotatable bonds is 5. The number of sulfone groups is 1. The van der Waals surface area contributed by atoms with E-state index in [1.54, 1.807) is 0 Å². The zero-order valence-electron chi connectivity index (χ0n) is 9.35. The third-order valence-electron chi connectivity index (χ3n) is 1.97. The lowest BCUT2D eigenvalue weighted by molar-refractivity contribution is 0.577. The molecule has 0 fully saturated rings. The van der Waals surface area contributed by atoms with Crippen LogP contribution in [0, 0.1) is 5.82 Å². The molecule has 1 aromatic carbocycles. The highest BCUT2D eigenvalue weighted by Crippen LogP contribution is 2.19. The number of halogens is 2. The average molecular weight is 360 g/mol. The van der Waals surface area contributed by atoms with E-state index < -0.39 is 25.7 Å². The van der Waals surface area contributed by atoms with E-state index in [1.165, 1.54) is 12.1 Å². The summed E-state index contributed by atoms with van der Waals surface area (Å²) in [6.07, 6.45) is 1.00. The van der Waals surface area contributed by atoms with Gasteiger partial charge in [-0.3, -0.25) is 0 Å². The van der Waals surface area contributed by atoms with Gasteiger partial charge in [0.05, 0.1) is 15.1 Å². The SMILES string of the molecule is CS(=O)(=O)CCNS(=O)(=O)c1ccc(Br)c(F)c1. The van der Waals surface area contributed by atoms with Crippen molar-refractivity contribution in [1.82, 2.24) is 4.72 Å². The van der Waals surface area contributed by atoms with Crippen molar-refractivity contribution in [2.75, 3.05) is 18.6 Å². The minimum atomic E-state index is -3.90. The second kappa shape index (κ2) is 5.64. The highest BCUT2D eigenvalue weighted by Gasteiger charge is 2.16.